The third kappa shape index (κ3) is 3.72. The lowest BCUT2D eigenvalue weighted by molar-refractivity contribution is -0.143. The second-order valence-electron chi connectivity index (χ2n) is 5.73. The van der Waals surface area contributed by atoms with Crippen LogP contribution in [0.25, 0.3) is 0 Å². The molecule has 21 heavy (non-hydrogen) atoms. The lowest BCUT2D eigenvalue weighted by Gasteiger charge is -2.36. The maximum absolute atomic E-state index is 12.5. The van der Waals surface area contributed by atoms with Crippen LogP contribution in [-0.2, 0) is 19.1 Å². The minimum Gasteiger partial charge on any atom is -0.381 e. The first kappa shape index (κ1) is 16.2. The predicted molar refractivity (Wildman–Crippen MR) is 76.5 cm³/mol. The summed E-state index contributed by atoms with van der Waals surface area (Å²) < 4.78 is 10.5. The number of rotatable bonds is 4. The molecule has 0 aromatic rings. The van der Waals surface area contributed by atoms with Gasteiger partial charge in [0.05, 0.1) is 18.6 Å². The van der Waals surface area contributed by atoms with Gasteiger partial charge in [-0.05, 0) is 19.8 Å². The molecule has 3 N–H and O–H groups in total. The number of carbonyl (C=O) groups is 2. The Labute approximate surface area is 125 Å². The molecule has 0 bridgehead atoms. The smallest absolute Gasteiger partial charge is 0.245 e. The van der Waals surface area contributed by atoms with Crippen molar-refractivity contribution in [2.24, 2.45) is 11.1 Å². The van der Waals surface area contributed by atoms with Gasteiger partial charge in [0.25, 0.3) is 0 Å². The molecule has 120 valence electrons. The summed E-state index contributed by atoms with van der Waals surface area (Å²) in [5.74, 6) is -0.201. The Morgan fingerprint density at radius 2 is 1.76 bits per heavy atom. The van der Waals surface area contributed by atoms with Crippen LogP contribution in [-0.4, -0.2) is 68.8 Å². The van der Waals surface area contributed by atoms with E-state index >= 15 is 0 Å². The van der Waals surface area contributed by atoms with Crippen molar-refractivity contribution in [2.75, 3.05) is 46.1 Å². The number of hydrogen-bond acceptors (Lipinski definition) is 5. The number of nitrogens with one attached hydrogen (secondary N) is 1. The highest BCUT2D eigenvalue weighted by atomic mass is 16.5. The van der Waals surface area contributed by atoms with Gasteiger partial charge in [-0.1, -0.05) is 0 Å². The Kier molecular flexibility index (Phi) is 5.55. The summed E-state index contributed by atoms with van der Waals surface area (Å²) in [5.41, 5.74) is 5.21. The van der Waals surface area contributed by atoms with Gasteiger partial charge >= 0.3 is 0 Å². The normalized spacial score (nSPS) is 23.4. The second-order valence-corrected chi connectivity index (χ2v) is 5.73. The Morgan fingerprint density at radius 3 is 2.33 bits per heavy atom. The summed E-state index contributed by atoms with van der Waals surface area (Å²) in [4.78, 5) is 26.5. The summed E-state index contributed by atoms with van der Waals surface area (Å²) in [6, 6.07) is -0.540. The summed E-state index contributed by atoms with van der Waals surface area (Å²) in [5, 5.41) is 2.83. The molecule has 7 nitrogen and oxygen atoms in total. The van der Waals surface area contributed by atoms with Gasteiger partial charge in [-0.2, -0.15) is 0 Å². The van der Waals surface area contributed by atoms with Gasteiger partial charge in [0.15, 0.2) is 0 Å². The van der Waals surface area contributed by atoms with E-state index < -0.39 is 11.5 Å². The lowest BCUT2D eigenvalue weighted by atomic mass is 9.79. The molecule has 2 aliphatic rings. The van der Waals surface area contributed by atoms with E-state index in [4.69, 9.17) is 15.2 Å². The van der Waals surface area contributed by atoms with E-state index in [2.05, 4.69) is 5.32 Å². The zero-order chi connectivity index (χ0) is 15.3. The maximum atomic E-state index is 12.5. The molecule has 0 aromatic carbocycles. The van der Waals surface area contributed by atoms with Crippen LogP contribution in [0, 0.1) is 5.41 Å². The van der Waals surface area contributed by atoms with E-state index in [1.807, 2.05) is 0 Å². The van der Waals surface area contributed by atoms with Crippen molar-refractivity contribution < 1.29 is 19.1 Å². The number of nitrogens with zero attached hydrogens (tertiary/aromatic N) is 1. The molecular formula is C14H25N3O4. The SMILES string of the molecule is CC(NC(=O)C1(CN)CCOCC1)C(=O)N1CCOCC1. The Balaban J connectivity index is 1.92. The fourth-order valence-corrected chi connectivity index (χ4v) is 2.76. The number of morpholine rings is 1. The molecule has 1 atom stereocenters. The van der Waals surface area contributed by atoms with Gasteiger partial charge in [0.2, 0.25) is 11.8 Å². The summed E-state index contributed by atoms with van der Waals surface area (Å²) in [6.45, 7) is 5.34. The predicted octanol–water partition coefficient (Wildman–Crippen LogP) is -0.895. The molecule has 2 amide bonds. The quantitative estimate of drug-likeness (QED) is 0.702. The molecule has 2 heterocycles. The monoisotopic (exact) mass is 299 g/mol. The number of ether oxygens (including phenoxy) is 2. The third-order valence-corrected chi connectivity index (χ3v) is 4.36. The van der Waals surface area contributed by atoms with Crippen molar-refractivity contribution >= 4 is 11.8 Å². The molecule has 0 spiro atoms. The van der Waals surface area contributed by atoms with Crippen LogP contribution < -0.4 is 11.1 Å². The maximum Gasteiger partial charge on any atom is 0.245 e. The first-order chi connectivity index (χ1) is 10.1. The van der Waals surface area contributed by atoms with Crippen LogP contribution in [0.2, 0.25) is 0 Å². The first-order valence-corrected chi connectivity index (χ1v) is 7.54. The van der Waals surface area contributed by atoms with E-state index in [0.29, 0.717) is 52.4 Å². The van der Waals surface area contributed by atoms with Crippen molar-refractivity contribution in [2.45, 2.75) is 25.8 Å². The van der Waals surface area contributed by atoms with Gasteiger partial charge < -0.3 is 25.4 Å². The van der Waals surface area contributed by atoms with E-state index in [1.54, 1.807) is 11.8 Å². The molecule has 0 aromatic heterocycles. The number of nitrogens with two attached hydrogens (primary N) is 1. The van der Waals surface area contributed by atoms with Crippen LogP contribution in [0.5, 0.6) is 0 Å². The fourth-order valence-electron chi connectivity index (χ4n) is 2.76. The Hall–Kier alpha value is -1.18. The molecule has 7 heteroatoms. The molecule has 0 saturated carbocycles. The summed E-state index contributed by atoms with van der Waals surface area (Å²) in [6.07, 6.45) is 1.21. The van der Waals surface area contributed by atoms with Crippen LogP contribution in [0.15, 0.2) is 0 Å². The number of amides is 2. The molecule has 2 rings (SSSR count). The average molecular weight is 299 g/mol. The number of carbonyl (C=O) groups excluding carboxylic acids is 2. The second kappa shape index (κ2) is 7.20. The fraction of sp³-hybridized carbons (Fsp3) is 0.857. The van der Waals surface area contributed by atoms with E-state index in [9.17, 15) is 9.59 Å². The van der Waals surface area contributed by atoms with E-state index in [0.717, 1.165) is 0 Å². The summed E-state index contributed by atoms with van der Waals surface area (Å²) >= 11 is 0. The molecule has 1 unspecified atom stereocenters. The minimum absolute atomic E-state index is 0.0640. The Bertz CT molecular complexity index is 376. The molecule has 0 radical (unpaired) electrons. The van der Waals surface area contributed by atoms with Gasteiger partial charge in [-0.15, -0.1) is 0 Å². The molecule has 2 fully saturated rings. The van der Waals surface area contributed by atoms with E-state index in [-0.39, 0.29) is 18.4 Å². The van der Waals surface area contributed by atoms with E-state index in [1.165, 1.54) is 0 Å². The largest absolute Gasteiger partial charge is 0.381 e. The topological polar surface area (TPSA) is 93.9 Å². The van der Waals surface area contributed by atoms with Crippen molar-refractivity contribution in [1.82, 2.24) is 10.2 Å². The lowest BCUT2D eigenvalue weighted by Crippen LogP contribution is -2.56. The van der Waals surface area contributed by atoms with Crippen LogP contribution in [0.4, 0.5) is 0 Å². The highest BCUT2D eigenvalue weighted by Gasteiger charge is 2.40. The molecular weight excluding hydrogens is 274 g/mol. The van der Waals surface area contributed by atoms with Crippen molar-refractivity contribution in [1.29, 1.82) is 0 Å². The van der Waals surface area contributed by atoms with Crippen molar-refractivity contribution in [3.63, 3.8) is 0 Å². The van der Waals surface area contributed by atoms with Gasteiger partial charge in [-0.3, -0.25) is 9.59 Å². The Morgan fingerprint density at radius 1 is 1.19 bits per heavy atom. The van der Waals surface area contributed by atoms with Crippen LogP contribution in [0.1, 0.15) is 19.8 Å². The highest BCUT2D eigenvalue weighted by molar-refractivity contribution is 5.90. The van der Waals surface area contributed by atoms with Crippen molar-refractivity contribution in [3.8, 4) is 0 Å². The van der Waals surface area contributed by atoms with Crippen LogP contribution >= 0.6 is 0 Å². The standard InChI is InChI=1S/C14H25N3O4/c1-11(12(18)17-4-8-21-9-5-17)16-13(19)14(10-15)2-6-20-7-3-14/h11H,2-10,15H2,1H3,(H,16,19). The molecule has 2 aliphatic heterocycles. The number of hydrogen-bond donors (Lipinski definition) is 2. The average Bonchev–Trinajstić information content (AvgIpc) is 2.55. The zero-order valence-electron chi connectivity index (χ0n) is 12.6. The third-order valence-electron chi connectivity index (χ3n) is 4.36. The van der Waals surface area contributed by atoms with Gasteiger partial charge in [0, 0.05) is 32.8 Å². The molecule has 2 saturated heterocycles. The van der Waals surface area contributed by atoms with Gasteiger partial charge in [-0.25, -0.2) is 0 Å². The summed E-state index contributed by atoms with van der Waals surface area (Å²) in [7, 11) is 0. The van der Waals surface area contributed by atoms with Crippen LogP contribution in [0.3, 0.4) is 0 Å². The highest BCUT2D eigenvalue weighted by Crippen LogP contribution is 2.29. The zero-order valence-corrected chi connectivity index (χ0v) is 12.6. The minimum atomic E-state index is -0.599. The van der Waals surface area contributed by atoms with Crippen molar-refractivity contribution in [3.05, 3.63) is 0 Å². The molecule has 0 aliphatic carbocycles. The van der Waals surface area contributed by atoms with Gasteiger partial charge in [0.1, 0.15) is 6.04 Å². The first-order valence-electron chi connectivity index (χ1n) is 7.54.